The Morgan fingerprint density at radius 3 is 2.88 bits per heavy atom. The Bertz CT molecular complexity index is 577. The molecule has 0 aromatic heterocycles. The van der Waals surface area contributed by atoms with E-state index in [1.165, 1.54) is 0 Å². The molecule has 1 atom stereocenters. The van der Waals surface area contributed by atoms with E-state index in [9.17, 15) is 9.59 Å². The van der Waals surface area contributed by atoms with Crippen molar-refractivity contribution in [2.75, 3.05) is 26.2 Å². The molecule has 2 rings (SSSR count). The summed E-state index contributed by atoms with van der Waals surface area (Å²) < 4.78 is 5.76. The third-order valence-electron chi connectivity index (χ3n) is 4.56. The summed E-state index contributed by atoms with van der Waals surface area (Å²) in [4.78, 5) is 26.1. The van der Waals surface area contributed by atoms with E-state index >= 15 is 0 Å². The topological polar surface area (TPSA) is 84.7 Å². The van der Waals surface area contributed by atoms with Crippen LogP contribution in [0.1, 0.15) is 38.2 Å². The van der Waals surface area contributed by atoms with Crippen molar-refractivity contribution in [3.05, 3.63) is 29.8 Å². The van der Waals surface area contributed by atoms with Crippen LogP contribution in [0.15, 0.2) is 24.3 Å². The van der Waals surface area contributed by atoms with Crippen molar-refractivity contribution in [3.63, 3.8) is 0 Å². The highest BCUT2D eigenvalue weighted by molar-refractivity contribution is 5.79. The van der Waals surface area contributed by atoms with E-state index in [0.717, 1.165) is 43.5 Å². The number of rotatable bonds is 8. The van der Waals surface area contributed by atoms with Gasteiger partial charge in [0.1, 0.15) is 5.75 Å². The number of likely N-dealkylation sites (tertiary alicyclic amines) is 1. The molecular weight excluding hydrogens is 318 g/mol. The van der Waals surface area contributed by atoms with Crippen LogP contribution >= 0.6 is 0 Å². The minimum absolute atomic E-state index is 0.0244. The van der Waals surface area contributed by atoms with Gasteiger partial charge in [0.25, 0.3) is 5.91 Å². The molecule has 0 aliphatic carbocycles. The van der Waals surface area contributed by atoms with Crippen LogP contribution in [0.2, 0.25) is 0 Å². The van der Waals surface area contributed by atoms with Crippen molar-refractivity contribution in [3.8, 4) is 5.75 Å². The molecule has 3 N–H and O–H groups in total. The van der Waals surface area contributed by atoms with E-state index in [-0.39, 0.29) is 24.5 Å². The molecule has 1 aromatic carbocycles. The zero-order valence-corrected chi connectivity index (χ0v) is 15.0. The molecule has 1 aromatic rings. The molecule has 0 saturated carbocycles. The minimum atomic E-state index is -0.0615. The van der Waals surface area contributed by atoms with Crippen molar-refractivity contribution in [2.45, 2.75) is 45.1 Å². The van der Waals surface area contributed by atoms with E-state index in [1.54, 1.807) is 0 Å². The lowest BCUT2D eigenvalue weighted by Gasteiger charge is -2.35. The Morgan fingerprint density at radius 2 is 2.12 bits per heavy atom. The number of nitrogens with one attached hydrogen (secondary N) is 1. The number of benzene rings is 1. The number of hydrogen-bond donors (Lipinski definition) is 2. The van der Waals surface area contributed by atoms with Crippen LogP contribution in [-0.4, -0.2) is 49.0 Å². The van der Waals surface area contributed by atoms with E-state index < -0.39 is 0 Å². The molecule has 1 aliphatic heterocycles. The van der Waals surface area contributed by atoms with E-state index in [2.05, 4.69) is 12.2 Å². The fourth-order valence-electron chi connectivity index (χ4n) is 3.15. The van der Waals surface area contributed by atoms with Crippen molar-refractivity contribution in [1.29, 1.82) is 0 Å². The number of amides is 2. The van der Waals surface area contributed by atoms with Gasteiger partial charge in [0.05, 0.1) is 0 Å². The highest BCUT2D eigenvalue weighted by atomic mass is 16.5. The Kier molecular flexibility index (Phi) is 7.73. The Balaban J connectivity index is 1.90. The predicted molar refractivity (Wildman–Crippen MR) is 97.3 cm³/mol. The van der Waals surface area contributed by atoms with Crippen LogP contribution in [-0.2, 0) is 16.0 Å². The van der Waals surface area contributed by atoms with Crippen LogP contribution in [0.25, 0.3) is 0 Å². The van der Waals surface area contributed by atoms with Crippen LogP contribution < -0.4 is 15.8 Å². The quantitative estimate of drug-likeness (QED) is 0.746. The largest absolute Gasteiger partial charge is 0.483 e. The molecular formula is C19H29N3O3. The molecule has 25 heavy (non-hydrogen) atoms. The number of para-hydroxylation sites is 1. The van der Waals surface area contributed by atoms with Crippen molar-refractivity contribution >= 4 is 11.8 Å². The van der Waals surface area contributed by atoms with E-state index in [0.29, 0.717) is 19.5 Å². The second-order valence-electron chi connectivity index (χ2n) is 6.33. The van der Waals surface area contributed by atoms with Gasteiger partial charge in [-0.25, -0.2) is 0 Å². The maximum absolute atomic E-state index is 12.6. The molecule has 1 saturated heterocycles. The summed E-state index contributed by atoms with van der Waals surface area (Å²) >= 11 is 0. The van der Waals surface area contributed by atoms with Gasteiger partial charge in [-0.15, -0.1) is 0 Å². The molecule has 138 valence electrons. The molecule has 0 radical (unpaired) electrons. The van der Waals surface area contributed by atoms with Gasteiger partial charge in [0.2, 0.25) is 5.91 Å². The van der Waals surface area contributed by atoms with Gasteiger partial charge in [-0.3, -0.25) is 9.59 Å². The van der Waals surface area contributed by atoms with Gasteiger partial charge in [-0.1, -0.05) is 25.1 Å². The molecule has 0 bridgehead atoms. The molecule has 6 nitrogen and oxygen atoms in total. The summed E-state index contributed by atoms with van der Waals surface area (Å²) in [5.74, 6) is 0.681. The number of nitrogens with zero attached hydrogens (tertiary/aromatic N) is 1. The smallest absolute Gasteiger partial charge is 0.260 e. The number of hydrogen-bond acceptors (Lipinski definition) is 4. The Morgan fingerprint density at radius 1 is 1.32 bits per heavy atom. The van der Waals surface area contributed by atoms with Crippen LogP contribution in [0, 0.1) is 0 Å². The zero-order valence-electron chi connectivity index (χ0n) is 15.0. The van der Waals surface area contributed by atoms with Crippen molar-refractivity contribution in [2.24, 2.45) is 5.73 Å². The van der Waals surface area contributed by atoms with Crippen molar-refractivity contribution < 1.29 is 14.3 Å². The Hall–Kier alpha value is -2.08. The number of ether oxygens (including phenoxy) is 1. The van der Waals surface area contributed by atoms with Gasteiger partial charge in [0, 0.05) is 32.1 Å². The standard InChI is InChI=1S/C19H29N3O3/c1-2-15-7-3-4-9-17(15)25-14-19(24)22-12-6-5-8-16(22)13-21-18(23)10-11-20/h3-4,7,9,16H,2,5-6,8,10-14,20H2,1H3,(H,21,23). The first-order chi connectivity index (χ1) is 12.2. The SMILES string of the molecule is CCc1ccccc1OCC(=O)N1CCCCC1CNC(=O)CCN. The second kappa shape index (κ2) is 10.0. The first-order valence-electron chi connectivity index (χ1n) is 9.12. The summed E-state index contributed by atoms with van der Waals surface area (Å²) in [5.41, 5.74) is 6.49. The number of nitrogens with two attached hydrogens (primary N) is 1. The van der Waals surface area contributed by atoms with Crippen LogP contribution in [0.4, 0.5) is 0 Å². The highest BCUT2D eigenvalue weighted by Crippen LogP contribution is 2.20. The average molecular weight is 347 g/mol. The molecule has 1 heterocycles. The number of carbonyl (C=O) groups excluding carboxylic acids is 2. The molecule has 0 spiro atoms. The summed E-state index contributed by atoms with van der Waals surface area (Å²) in [6.07, 6.45) is 4.15. The first kappa shape index (κ1) is 19.2. The van der Waals surface area contributed by atoms with Gasteiger partial charge >= 0.3 is 0 Å². The third kappa shape index (κ3) is 5.74. The number of carbonyl (C=O) groups is 2. The van der Waals surface area contributed by atoms with Crippen molar-refractivity contribution in [1.82, 2.24) is 10.2 Å². The van der Waals surface area contributed by atoms with Gasteiger partial charge in [-0.2, -0.15) is 0 Å². The fraction of sp³-hybridized carbons (Fsp3) is 0.579. The summed E-state index contributed by atoms with van der Waals surface area (Å²) in [7, 11) is 0. The number of piperidine rings is 1. The molecule has 6 heteroatoms. The summed E-state index contributed by atoms with van der Waals surface area (Å²) in [6, 6.07) is 7.82. The predicted octanol–water partition coefficient (Wildman–Crippen LogP) is 1.47. The molecule has 1 aliphatic rings. The second-order valence-corrected chi connectivity index (χ2v) is 6.33. The van der Waals surface area contributed by atoms with E-state index in [4.69, 9.17) is 10.5 Å². The van der Waals surface area contributed by atoms with Gasteiger partial charge in [-0.05, 0) is 37.3 Å². The average Bonchev–Trinajstić information content (AvgIpc) is 2.65. The maximum Gasteiger partial charge on any atom is 0.260 e. The van der Waals surface area contributed by atoms with Crippen LogP contribution in [0.5, 0.6) is 5.75 Å². The first-order valence-corrected chi connectivity index (χ1v) is 9.12. The minimum Gasteiger partial charge on any atom is -0.483 e. The lowest BCUT2D eigenvalue weighted by molar-refractivity contribution is -0.137. The molecule has 1 fully saturated rings. The highest BCUT2D eigenvalue weighted by Gasteiger charge is 2.27. The van der Waals surface area contributed by atoms with Gasteiger partial charge < -0.3 is 20.7 Å². The fourth-order valence-corrected chi connectivity index (χ4v) is 3.15. The van der Waals surface area contributed by atoms with E-state index in [1.807, 2.05) is 29.2 Å². The lowest BCUT2D eigenvalue weighted by Crippen LogP contribution is -2.50. The maximum atomic E-state index is 12.6. The van der Waals surface area contributed by atoms with Gasteiger partial charge in [0.15, 0.2) is 6.61 Å². The normalized spacial score (nSPS) is 17.2. The number of aryl methyl sites for hydroxylation is 1. The monoisotopic (exact) mass is 347 g/mol. The lowest BCUT2D eigenvalue weighted by atomic mass is 10.0. The zero-order chi connectivity index (χ0) is 18.1. The third-order valence-corrected chi connectivity index (χ3v) is 4.56. The summed E-state index contributed by atoms with van der Waals surface area (Å²) in [6.45, 7) is 3.63. The molecule has 2 amide bonds. The van der Waals surface area contributed by atoms with Crippen LogP contribution in [0.3, 0.4) is 0 Å². The molecule has 1 unspecified atom stereocenters. The summed E-state index contributed by atoms with van der Waals surface area (Å²) in [5, 5.41) is 2.88. The Labute approximate surface area is 149 Å².